The van der Waals surface area contributed by atoms with Crippen molar-refractivity contribution in [3.05, 3.63) is 105 Å². The predicted octanol–water partition coefficient (Wildman–Crippen LogP) is 7.52. The number of benzene rings is 3. The average molecular weight is 599 g/mol. The number of nitrogens with one attached hydrogen (secondary N) is 1. The van der Waals surface area contributed by atoms with Crippen LogP contribution in [0, 0.1) is 27.7 Å². The monoisotopic (exact) mass is 598 g/mol. The molecule has 43 heavy (non-hydrogen) atoms. The molecule has 1 aliphatic heterocycles. The van der Waals surface area contributed by atoms with Crippen molar-refractivity contribution in [2.24, 2.45) is 0 Å². The third-order valence-corrected chi connectivity index (χ3v) is 8.58. The Balaban J connectivity index is 1.50. The zero-order valence-corrected chi connectivity index (χ0v) is 26.4. The number of hydrogen-bond acceptors (Lipinski definition) is 6. The second kappa shape index (κ2) is 12.6. The lowest BCUT2D eigenvalue weighted by atomic mass is 9.87. The van der Waals surface area contributed by atoms with Gasteiger partial charge in [0.1, 0.15) is 5.82 Å². The summed E-state index contributed by atoms with van der Waals surface area (Å²) in [6.07, 6.45) is 0.455. The number of amides is 1. The van der Waals surface area contributed by atoms with Crippen molar-refractivity contribution >= 4 is 40.8 Å². The van der Waals surface area contributed by atoms with Gasteiger partial charge in [0.15, 0.2) is 0 Å². The minimum absolute atomic E-state index is 0.261. The minimum atomic E-state index is -1.13. The van der Waals surface area contributed by atoms with Crippen molar-refractivity contribution in [1.82, 2.24) is 14.9 Å². The second-order valence-corrected chi connectivity index (χ2v) is 12.0. The number of rotatable bonds is 7. The molecule has 3 aromatic carbocycles. The number of carboxylic acid groups (broad SMARTS) is 1. The van der Waals surface area contributed by atoms with Crippen molar-refractivity contribution < 1.29 is 9.90 Å². The highest BCUT2D eigenvalue weighted by Crippen LogP contribution is 2.39. The van der Waals surface area contributed by atoms with Gasteiger partial charge in [-0.05, 0) is 112 Å². The molecule has 4 aromatic rings. The molecule has 0 radical (unpaired) electrons. The van der Waals surface area contributed by atoms with Gasteiger partial charge in [-0.15, -0.1) is 0 Å². The van der Waals surface area contributed by atoms with Crippen LogP contribution >= 0.6 is 11.6 Å². The van der Waals surface area contributed by atoms with E-state index in [1.165, 1.54) is 10.6 Å². The first kappa shape index (κ1) is 30.3. The van der Waals surface area contributed by atoms with Gasteiger partial charge in [-0.2, -0.15) is 4.98 Å². The first-order chi connectivity index (χ1) is 20.5. The average Bonchev–Trinajstić information content (AvgIpc) is 2.95. The Hall–Kier alpha value is -4.14. The molecule has 0 bridgehead atoms. The highest BCUT2D eigenvalue weighted by atomic mass is 35.5. The lowest BCUT2D eigenvalue weighted by Crippen LogP contribution is -2.50. The molecular weight excluding hydrogens is 560 g/mol. The Bertz CT molecular complexity index is 1600. The molecule has 1 fully saturated rings. The summed E-state index contributed by atoms with van der Waals surface area (Å²) >= 11 is 6.47. The molecule has 224 valence electrons. The maximum atomic E-state index is 13.1. The van der Waals surface area contributed by atoms with Crippen LogP contribution < -0.4 is 15.1 Å². The molecule has 1 aliphatic rings. The Morgan fingerprint density at radius 2 is 1.70 bits per heavy atom. The Morgan fingerprint density at radius 3 is 2.35 bits per heavy atom. The van der Waals surface area contributed by atoms with E-state index in [0.29, 0.717) is 17.0 Å². The standard InChI is InChI=1S/C34H39ClN6O2/c1-21-17-23(3)31(24(4)18-21)32(29-19-26(35)8-7-22(29)2)41(34(42)43)30-13-14-36-33(38-30)37-27-9-11-28(12-10-27)40-16-15-39(6)25(5)20-40/h7-14,17-19,25,32H,15-16,20H2,1-6H3,(H,42,43)(H,36,37,38). The van der Waals surface area contributed by atoms with Crippen LogP contribution in [0.2, 0.25) is 5.02 Å². The van der Waals surface area contributed by atoms with Crippen LogP contribution in [0.25, 0.3) is 0 Å². The molecule has 2 N–H and O–H groups in total. The second-order valence-electron chi connectivity index (χ2n) is 11.6. The normalized spacial score (nSPS) is 16.2. The lowest BCUT2D eigenvalue weighted by molar-refractivity contribution is 0.200. The van der Waals surface area contributed by atoms with Crippen LogP contribution in [0.5, 0.6) is 0 Å². The molecule has 1 amide bonds. The number of aryl methyl sites for hydroxylation is 4. The maximum absolute atomic E-state index is 13.1. The van der Waals surface area contributed by atoms with Gasteiger partial charge in [0.2, 0.25) is 5.95 Å². The van der Waals surface area contributed by atoms with Crippen LogP contribution in [0.4, 0.5) is 27.9 Å². The number of hydrogen-bond donors (Lipinski definition) is 2. The van der Waals surface area contributed by atoms with Gasteiger partial charge in [0.05, 0.1) is 6.04 Å². The third kappa shape index (κ3) is 6.60. The molecule has 0 spiro atoms. The molecule has 9 heteroatoms. The van der Waals surface area contributed by atoms with Crippen molar-refractivity contribution in [2.75, 3.05) is 41.8 Å². The summed E-state index contributed by atoms with van der Waals surface area (Å²) < 4.78 is 0. The summed E-state index contributed by atoms with van der Waals surface area (Å²) in [6, 6.07) is 19.4. The highest BCUT2D eigenvalue weighted by molar-refractivity contribution is 6.30. The minimum Gasteiger partial charge on any atom is -0.465 e. The number of halogens is 1. The summed E-state index contributed by atoms with van der Waals surface area (Å²) in [6.45, 7) is 13.3. The third-order valence-electron chi connectivity index (χ3n) is 8.35. The molecule has 2 unspecified atom stereocenters. The molecule has 1 saturated heterocycles. The number of carbonyl (C=O) groups is 1. The summed E-state index contributed by atoms with van der Waals surface area (Å²) in [5.74, 6) is 0.570. The van der Waals surface area contributed by atoms with Gasteiger partial charge >= 0.3 is 6.09 Å². The Labute approximate surface area is 259 Å². The summed E-state index contributed by atoms with van der Waals surface area (Å²) in [5.41, 5.74) is 7.72. The van der Waals surface area contributed by atoms with Crippen LogP contribution in [0.1, 0.15) is 46.3 Å². The summed E-state index contributed by atoms with van der Waals surface area (Å²) in [7, 11) is 2.16. The smallest absolute Gasteiger partial charge is 0.413 e. The zero-order chi connectivity index (χ0) is 30.8. The van der Waals surface area contributed by atoms with Crippen molar-refractivity contribution in [3.8, 4) is 0 Å². The fourth-order valence-electron chi connectivity index (χ4n) is 6.00. The predicted molar refractivity (Wildman–Crippen MR) is 175 cm³/mol. The van der Waals surface area contributed by atoms with Crippen LogP contribution in [-0.2, 0) is 0 Å². The fourth-order valence-corrected chi connectivity index (χ4v) is 6.18. The van der Waals surface area contributed by atoms with Gasteiger partial charge in [0, 0.05) is 48.3 Å². The van der Waals surface area contributed by atoms with E-state index in [9.17, 15) is 9.90 Å². The summed E-state index contributed by atoms with van der Waals surface area (Å²) in [5, 5.41) is 14.5. The molecule has 2 atom stereocenters. The first-order valence-electron chi connectivity index (χ1n) is 14.5. The highest BCUT2D eigenvalue weighted by Gasteiger charge is 2.33. The fraction of sp³-hybridized carbons (Fsp3) is 0.324. The van der Waals surface area contributed by atoms with Crippen LogP contribution in [0.15, 0.2) is 66.9 Å². The van der Waals surface area contributed by atoms with Crippen molar-refractivity contribution in [1.29, 1.82) is 0 Å². The Kier molecular flexibility index (Phi) is 8.89. The molecule has 5 rings (SSSR count). The van der Waals surface area contributed by atoms with Gasteiger partial charge < -0.3 is 20.2 Å². The van der Waals surface area contributed by atoms with E-state index in [-0.39, 0.29) is 5.82 Å². The van der Waals surface area contributed by atoms with E-state index in [1.807, 2.05) is 58.0 Å². The van der Waals surface area contributed by atoms with Gasteiger partial charge in [-0.1, -0.05) is 35.4 Å². The van der Waals surface area contributed by atoms with E-state index in [0.717, 1.165) is 58.7 Å². The maximum Gasteiger partial charge on any atom is 0.413 e. The number of anilines is 4. The van der Waals surface area contributed by atoms with E-state index in [4.69, 9.17) is 16.6 Å². The zero-order valence-electron chi connectivity index (χ0n) is 25.6. The van der Waals surface area contributed by atoms with E-state index < -0.39 is 12.1 Å². The molecule has 2 heterocycles. The molecule has 0 aliphatic carbocycles. The molecule has 8 nitrogen and oxygen atoms in total. The van der Waals surface area contributed by atoms with Gasteiger partial charge in [-0.25, -0.2) is 14.7 Å². The number of piperazine rings is 1. The molecule has 0 saturated carbocycles. The van der Waals surface area contributed by atoms with Crippen LogP contribution in [0.3, 0.4) is 0 Å². The van der Waals surface area contributed by atoms with Crippen molar-refractivity contribution in [3.63, 3.8) is 0 Å². The van der Waals surface area contributed by atoms with Crippen LogP contribution in [-0.4, -0.2) is 58.8 Å². The SMILES string of the molecule is Cc1cc(C)c(C(c2cc(Cl)ccc2C)N(C(=O)O)c2ccnc(Nc3ccc(N4CCN(C)C(C)C4)cc3)n2)c(C)c1. The number of nitrogens with zero attached hydrogens (tertiary/aromatic N) is 5. The summed E-state index contributed by atoms with van der Waals surface area (Å²) in [4.78, 5) is 28.3. The topological polar surface area (TPSA) is 84.8 Å². The van der Waals surface area contributed by atoms with Crippen molar-refractivity contribution in [2.45, 2.75) is 46.7 Å². The van der Waals surface area contributed by atoms with Gasteiger partial charge in [-0.3, -0.25) is 0 Å². The number of likely N-dealkylation sites (N-methyl/N-ethyl adjacent to an activating group) is 1. The lowest BCUT2D eigenvalue weighted by Gasteiger charge is -2.39. The molecular formula is C34H39ClN6O2. The van der Waals surface area contributed by atoms with E-state index in [1.54, 1.807) is 12.3 Å². The Morgan fingerprint density at radius 1 is 1.00 bits per heavy atom. The first-order valence-corrected chi connectivity index (χ1v) is 14.9. The van der Waals surface area contributed by atoms with Gasteiger partial charge in [0.25, 0.3) is 0 Å². The molecule has 1 aromatic heterocycles. The van der Waals surface area contributed by atoms with E-state index in [2.05, 4.69) is 58.3 Å². The largest absolute Gasteiger partial charge is 0.465 e. The quantitative estimate of drug-likeness (QED) is 0.227. The number of aromatic nitrogens is 2. The van der Waals surface area contributed by atoms with E-state index >= 15 is 0 Å².